The highest BCUT2D eigenvalue weighted by Crippen LogP contribution is 2.33. The standard InChI is InChI=1S/C11H17N3O2S/c1-8(2)13-17(15,16)14-7-6-9-10(12)4-3-5-11(9)14/h3-5,8,13H,6-7,12H2,1-2H3. The zero-order valence-electron chi connectivity index (χ0n) is 9.97. The molecule has 3 N–H and O–H groups in total. The number of benzene rings is 1. The maximum absolute atomic E-state index is 12.1. The molecule has 6 heteroatoms. The predicted molar refractivity (Wildman–Crippen MR) is 69.1 cm³/mol. The molecule has 0 amide bonds. The van der Waals surface area contributed by atoms with Gasteiger partial charge in [-0.05, 0) is 32.4 Å². The second-order valence-corrected chi connectivity index (χ2v) is 6.07. The number of nitrogens with one attached hydrogen (secondary N) is 1. The smallest absolute Gasteiger partial charge is 0.301 e. The van der Waals surface area contributed by atoms with Gasteiger partial charge in [-0.15, -0.1) is 0 Å². The predicted octanol–water partition coefficient (Wildman–Crippen LogP) is 0.874. The van der Waals surface area contributed by atoms with E-state index in [1.165, 1.54) is 4.31 Å². The lowest BCUT2D eigenvalue weighted by Crippen LogP contribution is -2.42. The molecular formula is C11H17N3O2S. The van der Waals surface area contributed by atoms with Gasteiger partial charge in [-0.25, -0.2) is 0 Å². The van der Waals surface area contributed by atoms with Gasteiger partial charge < -0.3 is 5.73 Å². The third kappa shape index (κ3) is 2.23. The Morgan fingerprint density at radius 3 is 2.76 bits per heavy atom. The van der Waals surface area contributed by atoms with E-state index in [9.17, 15) is 8.42 Å². The molecule has 0 spiro atoms. The van der Waals surface area contributed by atoms with Gasteiger partial charge in [-0.3, -0.25) is 4.31 Å². The molecule has 1 heterocycles. The van der Waals surface area contributed by atoms with Crippen LogP contribution in [0.25, 0.3) is 0 Å². The normalized spacial score (nSPS) is 15.4. The molecule has 1 aliphatic heterocycles. The zero-order valence-corrected chi connectivity index (χ0v) is 10.8. The first-order chi connectivity index (χ1) is 7.92. The van der Waals surface area contributed by atoms with Crippen LogP contribution in [0.1, 0.15) is 19.4 Å². The summed E-state index contributed by atoms with van der Waals surface area (Å²) in [5.74, 6) is 0. The maximum Gasteiger partial charge on any atom is 0.301 e. The molecule has 2 rings (SSSR count). The van der Waals surface area contributed by atoms with Crippen molar-refractivity contribution < 1.29 is 8.42 Å². The van der Waals surface area contributed by atoms with E-state index in [-0.39, 0.29) is 6.04 Å². The SMILES string of the molecule is CC(C)NS(=O)(=O)N1CCc2c(N)cccc21. The molecule has 5 nitrogen and oxygen atoms in total. The van der Waals surface area contributed by atoms with Gasteiger partial charge in [-0.2, -0.15) is 13.1 Å². The van der Waals surface area contributed by atoms with Crippen molar-refractivity contribution in [1.82, 2.24) is 4.72 Å². The lowest BCUT2D eigenvalue weighted by Gasteiger charge is -2.21. The molecule has 0 unspecified atom stereocenters. The average Bonchev–Trinajstić information content (AvgIpc) is 2.61. The summed E-state index contributed by atoms with van der Waals surface area (Å²) in [6, 6.07) is 5.24. The molecule has 0 atom stereocenters. The summed E-state index contributed by atoms with van der Waals surface area (Å²) in [5.41, 5.74) is 8.10. The highest BCUT2D eigenvalue weighted by atomic mass is 32.2. The van der Waals surface area contributed by atoms with E-state index in [0.717, 1.165) is 5.56 Å². The highest BCUT2D eigenvalue weighted by Gasteiger charge is 2.30. The van der Waals surface area contributed by atoms with Crippen molar-refractivity contribution in [3.63, 3.8) is 0 Å². The van der Waals surface area contributed by atoms with E-state index in [1.54, 1.807) is 32.0 Å². The minimum Gasteiger partial charge on any atom is -0.398 e. The molecule has 1 aromatic carbocycles. The summed E-state index contributed by atoms with van der Waals surface area (Å²) in [4.78, 5) is 0. The number of fused-ring (bicyclic) bond motifs is 1. The van der Waals surface area contributed by atoms with Crippen molar-refractivity contribution >= 4 is 21.6 Å². The Morgan fingerprint density at radius 1 is 1.41 bits per heavy atom. The quantitative estimate of drug-likeness (QED) is 0.787. The summed E-state index contributed by atoms with van der Waals surface area (Å²) in [5, 5.41) is 0. The van der Waals surface area contributed by atoms with E-state index in [2.05, 4.69) is 4.72 Å². The van der Waals surface area contributed by atoms with Crippen LogP contribution in [0.2, 0.25) is 0 Å². The van der Waals surface area contributed by atoms with Gasteiger partial charge in [0, 0.05) is 23.8 Å². The van der Waals surface area contributed by atoms with Crippen LogP contribution in [0.5, 0.6) is 0 Å². The number of hydrogen-bond acceptors (Lipinski definition) is 3. The molecule has 0 saturated carbocycles. The molecular weight excluding hydrogens is 238 g/mol. The van der Waals surface area contributed by atoms with E-state index in [4.69, 9.17) is 5.73 Å². The molecule has 0 saturated heterocycles. The van der Waals surface area contributed by atoms with E-state index in [1.807, 2.05) is 0 Å². The average molecular weight is 255 g/mol. The minimum absolute atomic E-state index is 0.120. The van der Waals surface area contributed by atoms with Crippen LogP contribution in [-0.2, 0) is 16.6 Å². The summed E-state index contributed by atoms with van der Waals surface area (Å²) >= 11 is 0. The Hall–Kier alpha value is -1.27. The van der Waals surface area contributed by atoms with E-state index < -0.39 is 10.2 Å². The largest absolute Gasteiger partial charge is 0.398 e. The fourth-order valence-corrected chi connectivity index (χ4v) is 3.53. The fraction of sp³-hybridized carbons (Fsp3) is 0.455. The Labute approximate surface area is 102 Å². The van der Waals surface area contributed by atoms with Crippen molar-refractivity contribution in [2.75, 3.05) is 16.6 Å². The third-order valence-electron chi connectivity index (χ3n) is 2.70. The lowest BCUT2D eigenvalue weighted by atomic mass is 10.1. The first-order valence-corrected chi connectivity index (χ1v) is 7.03. The van der Waals surface area contributed by atoms with Gasteiger partial charge >= 0.3 is 10.2 Å². The summed E-state index contributed by atoms with van der Waals surface area (Å²) in [6.45, 7) is 4.05. The third-order valence-corrected chi connectivity index (χ3v) is 4.42. The Morgan fingerprint density at radius 2 is 2.12 bits per heavy atom. The molecule has 1 aromatic rings. The molecule has 0 bridgehead atoms. The van der Waals surface area contributed by atoms with Gasteiger partial charge in [0.05, 0.1) is 5.69 Å². The molecule has 17 heavy (non-hydrogen) atoms. The van der Waals surface area contributed by atoms with Crippen LogP contribution in [0.3, 0.4) is 0 Å². The van der Waals surface area contributed by atoms with Crippen LogP contribution >= 0.6 is 0 Å². The van der Waals surface area contributed by atoms with Gasteiger partial charge in [0.1, 0.15) is 0 Å². The van der Waals surface area contributed by atoms with Crippen molar-refractivity contribution in [3.8, 4) is 0 Å². The van der Waals surface area contributed by atoms with Crippen molar-refractivity contribution in [1.29, 1.82) is 0 Å². The minimum atomic E-state index is -3.46. The summed E-state index contributed by atoms with van der Waals surface area (Å²) in [7, 11) is -3.46. The Bertz CT molecular complexity index is 526. The molecule has 0 aliphatic carbocycles. The number of nitrogen functional groups attached to an aromatic ring is 1. The van der Waals surface area contributed by atoms with Crippen LogP contribution in [-0.4, -0.2) is 21.0 Å². The molecule has 0 fully saturated rings. The van der Waals surface area contributed by atoms with Gasteiger partial charge in [0.2, 0.25) is 0 Å². The monoisotopic (exact) mass is 255 g/mol. The maximum atomic E-state index is 12.1. The van der Waals surface area contributed by atoms with Crippen LogP contribution in [0.15, 0.2) is 18.2 Å². The van der Waals surface area contributed by atoms with Crippen molar-refractivity contribution in [2.45, 2.75) is 26.3 Å². The Balaban J connectivity index is 2.38. The Kier molecular flexibility index (Phi) is 3.01. The molecule has 0 radical (unpaired) electrons. The molecule has 94 valence electrons. The number of hydrogen-bond donors (Lipinski definition) is 2. The second kappa shape index (κ2) is 4.19. The highest BCUT2D eigenvalue weighted by molar-refractivity contribution is 7.90. The first-order valence-electron chi connectivity index (χ1n) is 5.59. The molecule has 0 aromatic heterocycles. The number of anilines is 2. The second-order valence-electron chi connectivity index (χ2n) is 4.44. The number of nitrogens with two attached hydrogens (primary N) is 1. The zero-order chi connectivity index (χ0) is 12.6. The van der Waals surface area contributed by atoms with Gasteiger partial charge in [0.15, 0.2) is 0 Å². The summed E-state index contributed by atoms with van der Waals surface area (Å²) < 4.78 is 28.1. The topological polar surface area (TPSA) is 75.4 Å². The van der Waals surface area contributed by atoms with E-state index >= 15 is 0 Å². The summed E-state index contributed by atoms with van der Waals surface area (Å²) in [6.07, 6.45) is 0.668. The fourth-order valence-electron chi connectivity index (χ4n) is 2.04. The lowest BCUT2D eigenvalue weighted by molar-refractivity contribution is 0.566. The number of rotatable bonds is 3. The number of nitrogens with zero attached hydrogens (tertiary/aromatic N) is 1. The first kappa shape index (κ1) is 12.2. The van der Waals surface area contributed by atoms with Crippen LogP contribution in [0.4, 0.5) is 11.4 Å². The van der Waals surface area contributed by atoms with Crippen LogP contribution in [0, 0.1) is 0 Å². The van der Waals surface area contributed by atoms with Crippen molar-refractivity contribution in [2.24, 2.45) is 0 Å². The molecule has 1 aliphatic rings. The van der Waals surface area contributed by atoms with Crippen molar-refractivity contribution in [3.05, 3.63) is 23.8 Å². The van der Waals surface area contributed by atoms with Gasteiger partial charge in [-0.1, -0.05) is 6.07 Å². The van der Waals surface area contributed by atoms with Crippen LogP contribution < -0.4 is 14.8 Å². The van der Waals surface area contributed by atoms with E-state index in [0.29, 0.717) is 24.3 Å². The van der Waals surface area contributed by atoms with Gasteiger partial charge in [0.25, 0.3) is 0 Å².